The zero-order chi connectivity index (χ0) is 18.9. The van der Waals surface area contributed by atoms with E-state index < -0.39 is 0 Å². The Hall–Kier alpha value is -1.99. The highest BCUT2D eigenvalue weighted by Gasteiger charge is 2.21. The molecule has 2 heterocycles. The molecule has 0 amide bonds. The summed E-state index contributed by atoms with van der Waals surface area (Å²) in [4.78, 5) is 12.1. The van der Waals surface area contributed by atoms with Gasteiger partial charge in [0.05, 0.1) is 32.6 Å². The van der Waals surface area contributed by atoms with E-state index in [0.29, 0.717) is 0 Å². The minimum atomic E-state index is 0.828. The van der Waals surface area contributed by atoms with Gasteiger partial charge < -0.3 is 24.6 Å². The van der Waals surface area contributed by atoms with Gasteiger partial charge in [0.2, 0.25) is 0 Å². The highest BCUT2D eigenvalue weighted by atomic mass is 16.5. The number of benzene rings is 1. The number of hydrogen-bond acceptors (Lipinski definition) is 5. The number of methoxy groups -OCH3 is 1. The monoisotopic (exact) mass is 375 g/mol. The Balaban J connectivity index is 1.53. The van der Waals surface area contributed by atoms with Gasteiger partial charge in [0.1, 0.15) is 5.75 Å². The van der Waals surface area contributed by atoms with Crippen LogP contribution in [0.1, 0.15) is 6.92 Å². The van der Waals surface area contributed by atoms with Crippen molar-refractivity contribution < 1.29 is 9.47 Å². The first-order chi connectivity index (χ1) is 13.3. The van der Waals surface area contributed by atoms with Crippen LogP contribution in [0.25, 0.3) is 0 Å². The lowest BCUT2D eigenvalue weighted by Gasteiger charge is -2.38. The van der Waals surface area contributed by atoms with Crippen LogP contribution in [0, 0.1) is 0 Å². The molecule has 1 aromatic rings. The molecular formula is C20H33N5O2. The first-order valence-corrected chi connectivity index (χ1v) is 10.0. The average Bonchev–Trinajstić information content (AvgIpc) is 2.74. The molecule has 2 fully saturated rings. The van der Waals surface area contributed by atoms with E-state index in [1.54, 1.807) is 7.11 Å². The van der Waals surface area contributed by atoms with Crippen LogP contribution in [0.5, 0.6) is 5.75 Å². The summed E-state index contributed by atoms with van der Waals surface area (Å²) in [6.07, 6.45) is 0. The van der Waals surface area contributed by atoms with Gasteiger partial charge in [-0.3, -0.25) is 9.89 Å². The third-order valence-corrected chi connectivity index (χ3v) is 5.12. The van der Waals surface area contributed by atoms with E-state index in [0.717, 1.165) is 83.8 Å². The van der Waals surface area contributed by atoms with Gasteiger partial charge in [-0.1, -0.05) is 12.1 Å². The predicted molar refractivity (Wildman–Crippen MR) is 110 cm³/mol. The molecule has 0 spiro atoms. The molecule has 0 unspecified atom stereocenters. The van der Waals surface area contributed by atoms with E-state index in [1.807, 2.05) is 12.1 Å². The molecule has 0 aromatic heterocycles. The second-order valence-corrected chi connectivity index (χ2v) is 6.84. The summed E-state index contributed by atoms with van der Waals surface area (Å²) < 4.78 is 10.9. The normalized spacial score (nSPS) is 19.3. The molecular weight excluding hydrogens is 342 g/mol. The lowest BCUT2D eigenvalue weighted by Crippen LogP contribution is -2.52. The van der Waals surface area contributed by atoms with Crippen molar-refractivity contribution in [3.8, 4) is 5.75 Å². The molecule has 7 nitrogen and oxygen atoms in total. The van der Waals surface area contributed by atoms with Crippen molar-refractivity contribution >= 4 is 11.6 Å². The van der Waals surface area contributed by atoms with Crippen LogP contribution >= 0.6 is 0 Å². The Morgan fingerprint density at radius 2 is 1.85 bits per heavy atom. The third kappa shape index (κ3) is 5.49. The molecule has 1 N–H and O–H groups in total. The molecule has 0 aliphatic carbocycles. The second kappa shape index (κ2) is 10.4. The van der Waals surface area contributed by atoms with Crippen molar-refractivity contribution in [1.82, 2.24) is 15.1 Å². The Kier molecular flexibility index (Phi) is 7.59. The van der Waals surface area contributed by atoms with Crippen LogP contribution in [-0.4, -0.2) is 95.0 Å². The molecule has 0 bridgehead atoms. The van der Waals surface area contributed by atoms with Gasteiger partial charge in [0.15, 0.2) is 5.96 Å². The minimum absolute atomic E-state index is 0.828. The number of guanidine groups is 1. The molecule has 150 valence electrons. The van der Waals surface area contributed by atoms with E-state index >= 15 is 0 Å². The van der Waals surface area contributed by atoms with Crippen molar-refractivity contribution in [2.45, 2.75) is 6.92 Å². The zero-order valence-electron chi connectivity index (χ0n) is 16.7. The number of anilines is 1. The van der Waals surface area contributed by atoms with E-state index in [2.05, 4.69) is 39.1 Å². The number of hydrogen-bond donors (Lipinski definition) is 1. The van der Waals surface area contributed by atoms with Gasteiger partial charge in [-0.15, -0.1) is 0 Å². The number of rotatable bonds is 6. The summed E-state index contributed by atoms with van der Waals surface area (Å²) in [6.45, 7) is 12.4. The molecule has 1 aromatic carbocycles. The lowest BCUT2D eigenvalue weighted by molar-refractivity contribution is 0.0394. The van der Waals surface area contributed by atoms with Gasteiger partial charge in [0.25, 0.3) is 0 Å². The van der Waals surface area contributed by atoms with Crippen LogP contribution in [0.15, 0.2) is 29.3 Å². The number of aliphatic imine (C=N–C) groups is 1. The van der Waals surface area contributed by atoms with Crippen LogP contribution in [-0.2, 0) is 4.74 Å². The highest BCUT2D eigenvalue weighted by molar-refractivity contribution is 5.80. The van der Waals surface area contributed by atoms with Crippen molar-refractivity contribution in [3.63, 3.8) is 0 Å². The van der Waals surface area contributed by atoms with Crippen molar-refractivity contribution in [2.24, 2.45) is 4.99 Å². The molecule has 0 atom stereocenters. The maximum atomic E-state index is 5.52. The summed E-state index contributed by atoms with van der Waals surface area (Å²) in [5, 5.41) is 3.46. The Bertz CT molecular complexity index is 596. The Morgan fingerprint density at radius 3 is 2.56 bits per heavy atom. The first-order valence-electron chi connectivity index (χ1n) is 10.0. The van der Waals surface area contributed by atoms with E-state index in [1.165, 1.54) is 5.69 Å². The van der Waals surface area contributed by atoms with Crippen LogP contribution in [0.4, 0.5) is 5.69 Å². The van der Waals surface area contributed by atoms with Gasteiger partial charge in [-0.25, -0.2) is 0 Å². The molecule has 3 rings (SSSR count). The molecule has 2 saturated heterocycles. The average molecular weight is 376 g/mol. The highest BCUT2D eigenvalue weighted by Crippen LogP contribution is 2.28. The first kappa shape index (κ1) is 19.8. The predicted octanol–water partition coefficient (Wildman–Crippen LogP) is 1.11. The Morgan fingerprint density at radius 1 is 1.11 bits per heavy atom. The number of nitrogens with zero attached hydrogens (tertiary/aromatic N) is 4. The minimum Gasteiger partial charge on any atom is -0.495 e. The van der Waals surface area contributed by atoms with Gasteiger partial charge in [0, 0.05) is 52.4 Å². The zero-order valence-corrected chi connectivity index (χ0v) is 16.7. The molecule has 2 aliphatic rings. The fourth-order valence-electron chi connectivity index (χ4n) is 3.60. The number of para-hydroxylation sites is 2. The van der Waals surface area contributed by atoms with Gasteiger partial charge in [-0.05, 0) is 19.1 Å². The second-order valence-electron chi connectivity index (χ2n) is 6.84. The fraction of sp³-hybridized carbons (Fsp3) is 0.650. The van der Waals surface area contributed by atoms with Crippen LogP contribution < -0.4 is 15.0 Å². The topological polar surface area (TPSA) is 52.6 Å². The summed E-state index contributed by atoms with van der Waals surface area (Å²) in [7, 11) is 1.74. The van der Waals surface area contributed by atoms with Gasteiger partial charge >= 0.3 is 0 Å². The fourth-order valence-corrected chi connectivity index (χ4v) is 3.60. The quantitative estimate of drug-likeness (QED) is 0.594. The van der Waals surface area contributed by atoms with Crippen molar-refractivity contribution in [1.29, 1.82) is 0 Å². The lowest BCUT2D eigenvalue weighted by atomic mass is 10.2. The smallest absolute Gasteiger partial charge is 0.194 e. The van der Waals surface area contributed by atoms with E-state index in [4.69, 9.17) is 14.5 Å². The SMILES string of the molecule is CCNC(=NCCN1CCOCC1)N1CCN(c2ccccc2OC)CC1. The standard InChI is InChI=1S/C20H33N5O2/c1-3-21-20(22-8-9-23-14-16-27-17-15-23)25-12-10-24(11-13-25)18-6-4-5-7-19(18)26-2/h4-7H,3,8-17H2,1-2H3,(H,21,22). The molecule has 27 heavy (non-hydrogen) atoms. The molecule has 2 aliphatic heterocycles. The number of ether oxygens (including phenoxy) is 2. The summed E-state index contributed by atoms with van der Waals surface area (Å²) in [5.74, 6) is 1.97. The maximum absolute atomic E-state index is 5.52. The van der Waals surface area contributed by atoms with E-state index in [9.17, 15) is 0 Å². The van der Waals surface area contributed by atoms with E-state index in [-0.39, 0.29) is 0 Å². The largest absolute Gasteiger partial charge is 0.495 e. The van der Waals surface area contributed by atoms with Crippen molar-refractivity contribution in [3.05, 3.63) is 24.3 Å². The molecule has 7 heteroatoms. The maximum Gasteiger partial charge on any atom is 0.194 e. The third-order valence-electron chi connectivity index (χ3n) is 5.12. The molecule has 0 saturated carbocycles. The Labute approximate surface area is 162 Å². The number of nitrogens with one attached hydrogen (secondary N) is 1. The number of piperazine rings is 1. The number of morpholine rings is 1. The van der Waals surface area contributed by atoms with Crippen LogP contribution in [0.3, 0.4) is 0 Å². The van der Waals surface area contributed by atoms with Crippen LogP contribution in [0.2, 0.25) is 0 Å². The summed E-state index contributed by atoms with van der Waals surface area (Å²) in [6, 6.07) is 8.25. The van der Waals surface area contributed by atoms with Crippen molar-refractivity contribution in [2.75, 3.05) is 84.1 Å². The molecule has 0 radical (unpaired) electrons. The summed E-state index contributed by atoms with van der Waals surface area (Å²) >= 11 is 0. The van der Waals surface area contributed by atoms with Gasteiger partial charge in [-0.2, -0.15) is 0 Å². The summed E-state index contributed by atoms with van der Waals surface area (Å²) in [5.41, 5.74) is 1.17.